The maximum atomic E-state index is 12.4. The summed E-state index contributed by atoms with van der Waals surface area (Å²) < 4.78 is 0. The van der Waals surface area contributed by atoms with Crippen LogP contribution in [0.3, 0.4) is 0 Å². The molecule has 0 heterocycles. The molecule has 4 aliphatic rings. The Labute approximate surface area is 135 Å². The number of carbonyl (C=O) groups excluding carboxylic acids is 1. The topological polar surface area (TPSA) is 17.1 Å². The summed E-state index contributed by atoms with van der Waals surface area (Å²) in [6.45, 7) is 7.22. The zero-order valence-electron chi connectivity index (χ0n) is 14.7. The molecule has 0 bridgehead atoms. The number of carbonyl (C=O) groups is 1. The maximum absolute atomic E-state index is 12.4. The number of rotatable bonds is 1. The highest BCUT2D eigenvalue weighted by atomic mass is 16.1. The minimum Gasteiger partial charge on any atom is -0.299 e. The molecule has 0 aromatic carbocycles. The van der Waals surface area contributed by atoms with Crippen molar-refractivity contribution in [3.63, 3.8) is 0 Å². The zero-order valence-corrected chi connectivity index (χ0v) is 14.7. The molecule has 6 atom stereocenters. The summed E-state index contributed by atoms with van der Waals surface area (Å²) in [6, 6.07) is 0. The van der Waals surface area contributed by atoms with Crippen molar-refractivity contribution >= 4 is 5.78 Å². The molecule has 0 aliphatic heterocycles. The van der Waals surface area contributed by atoms with E-state index < -0.39 is 0 Å². The zero-order chi connectivity index (χ0) is 15.5. The van der Waals surface area contributed by atoms with Gasteiger partial charge in [-0.15, -0.1) is 0 Å². The summed E-state index contributed by atoms with van der Waals surface area (Å²) in [5.74, 6) is 3.83. The van der Waals surface area contributed by atoms with E-state index in [1.165, 1.54) is 44.9 Å². The lowest BCUT2D eigenvalue weighted by atomic mass is 9.47. The second-order valence-corrected chi connectivity index (χ2v) is 9.19. The van der Waals surface area contributed by atoms with Crippen LogP contribution < -0.4 is 0 Å². The van der Waals surface area contributed by atoms with Crippen LogP contribution in [0.25, 0.3) is 0 Å². The van der Waals surface area contributed by atoms with Crippen molar-refractivity contribution in [2.24, 2.45) is 34.5 Å². The Kier molecular flexibility index (Phi) is 3.37. The van der Waals surface area contributed by atoms with Crippen molar-refractivity contribution in [1.29, 1.82) is 0 Å². The van der Waals surface area contributed by atoms with E-state index in [4.69, 9.17) is 0 Å². The summed E-state index contributed by atoms with van der Waals surface area (Å²) in [5, 5.41) is 0. The number of ketones is 1. The molecule has 0 saturated heterocycles. The van der Waals surface area contributed by atoms with E-state index in [2.05, 4.69) is 26.8 Å². The number of hydrogen-bond acceptors (Lipinski definition) is 1. The van der Waals surface area contributed by atoms with Gasteiger partial charge < -0.3 is 0 Å². The van der Waals surface area contributed by atoms with Crippen LogP contribution in [-0.2, 0) is 4.79 Å². The molecule has 3 fully saturated rings. The first-order valence-electron chi connectivity index (χ1n) is 9.72. The van der Waals surface area contributed by atoms with Crippen LogP contribution in [0.1, 0.15) is 78.6 Å². The van der Waals surface area contributed by atoms with Gasteiger partial charge in [0.05, 0.1) is 0 Å². The molecule has 22 heavy (non-hydrogen) atoms. The van der Waals surface area contributed by atoms with Crippen molar-refractivity contribution in [2.45, 2.75) is 78.6 Å². The van der Waals surface area contributed by atoms with E-state index in [1.54, 1.807) is 5.57 Å². The lowest BCUT2D eigenvalue weighted by molar-refractivity contribution is -0.131. The van der Waals surface area contributed by atoms with Crippen molar-refractivity contribution in [3.8, 4) is 0 Å². The molecule has 4 aliphatic carbocycles. The smallest absolute Gasteiger partial charge is 0.139 e. The Morgan fingerprint density at radius 1 is 1.09 bits per heavy atom. The van der Waals surface area contributed by atoms with Crippen LogP contribution in [0, 0.1) is 34.5 Å². The minimum atomic E-state index is 0.0312. The summed E-state index contributed by atoms with van der Waals surface area (Å²) in [6.07, 6.45) is 13.9. The SMILES string of the molecule is CC[C@H]1CC[C@@]2(C)C(=CC[C@@H]3[C@@H]2CC[C@]2(C)C(=O)CC[C@@H]32)C1. The fourth-order valence-corrected chi connectivity index (χ4v) is 6.86. The van der Waals surface area contributed by atoms with Gasteiger partial charge in [-0.05, 0) is 74.0 Å². The molecule has 0 aromatic rings. The van der Waals surface area contributed by atoms with Crippen LogP contribution >= 0.6 is 0 Å². The van der Waals surface area contributed by atoms with Crippen LogP contribution in [0.4, 0.5) is 0 Å². The van der Waals surface area contributed by atoms with Gasteiger partial charge in [0.2, 0.25) is 0 Å². The molecule has 1 nitrogen and oxygen atoms in total. The molecule has 0 spiro atoms. The van der Waals surface area contributed by atoms with Crippen molar-refractivity contribution in [3.05, 3.63) is 11.6 Å². The van der Waals surface area contributed by atoms with Gasteiger partial charge in [-0.25, -0.2) is 0 Å². The van der Waals surface area contributed by atoms with Gasteiger partial charge in [-0.3, -0.25) is 4.79 Å². The molecule has 0 radical (unpaired) electrons. The van der Waals surface area contributed by atoms with Gasteiger partial charge in [0, 0.05) is 11.8 Å². The highest BCUT2D eigenvalue weighted by molar-refractivity contribution is 5.87. The molecule has 0 N–H and O–H groups in total. The third kappa shape index (κ3) is 1.86. The lowest BCUT2D eigenvalue weighted by Gasteiger charge is -2.57. The van der Waals surface area contributed by atoms with Crippen LogP contribution in [0.5, 0.6) is 0 Å². The maximum Gasteiger partial charge on any atom is 0.139 e. The van der Waals surface area contributed by atoms with E-state index in [0.29, 0.717) is 17.1 Å². The number of hydrogen-bond donors (Lipinski definition) is 0. The lowest BCUT2D eigenvalue weighted by Crippen LogP contribution is -2.50. The first-order chi connectivity index (χ1) is 10.5. The van der Waals surface area contributed by atoms with E-state index >= 15 is 0 Å². The summed E-state index contributed by atoms with van der Waals surface area (Å²) in [5.41, 5.74) is 2.28. The molecule has 0 aromatic heterocycles. The molecular formula is C21H32O. The van der Waals surface area contributed by atoms with E-state index in [9.17, 15) is 4.79 Å². The predicted octanol–water partition coefficient (Wildman–Crippen LogP) is 5.54. The van der Waals surface area contributed by atoms with Crippen LogP contribution in [-0.4, -0.2) is 5.78 Å². The summed E-state index contributed by atoms with van der Waals surface area (Å²) in [4.78, 5) is 12.4. The minimum absolute atomic E-state index is 0.0312. The van der Waals surface area contributed by atoms with Crippen molar-refractivity contribution in [2.75, 3.05) is 0 Å². The van der Waals surface area contributed by atoms with Gasteiger partial charge in [-0.1, -0.05) is 38.8 Å². The van der Waals surface area contributed by atoms with Crippen LogP contribution in [0.2, 0.25) is 0 Å². The molecule has 0 amide bonds. The fourth-order valence-electron chi connectivity index (χ4n) is 6.86. The molecule has 3 saturated carbocycles. The first-order valence-corrected chi connectivity index (χ1v) is 9.72. The predicted molar refractivity (Wildman–Crippen MR) is 90.5 cm³/mol. The molecule has 122 valence electrons. The van der Waals surface area contributed by atoms with E-state index in [-0.39, 0.29) is 5.41 Å². The Bertz CT molecular complexity index is 518. The third-order valence-electron chi connectivity index (χ3n) is 8.49. The van der Waals surface area contributed by atoms with Gasteiger partial charge in [0.1, 0.15) is 5.78 Å². The largest absolute Gasteiger partial charge is 0.299 e. The molecule has 1 heteroatoms. The number of Topliss-reactive ketones (excluding diaryl/α,β-unsaturated/α-hetero) is 1. The normalized spacial score (nSPS) is 50.9. The van der Waals surface area contributed by atoms with Gasteiger partial charge in [0.25, 0.3) is 0 Å². The van der Waals surface area contributed by atoms with Gasteiger partial charge >= 0.3 is 0 Å². The quantitative estimate of drug-likeness (QED) is 0.581. The Morgan fingerprint density at radius 3 is 2.59 bits per heavy atom. The second kappa shape index (κ2) is 4.95. The highest BCUT2D eigenvalue weighted by Gasteiger charge is 2.58. The average Bonchev–Trinajstić information content (AvgIpc) is 2.82. The summed E-state index contributed by atoms with van der Waals surface area (Å²) >= 11 is 0. The first kappa shape index (κ1) is 15.0. The Morgan fingerprint density at radius 2 is 1.82 bits per heavy atom. The standard InChI is InChI=1S/C21H32O/c1-4-14-9-11-20(2)15(13-14)5-6-16-17-7-8-19(22)21(17,3)12-10-18(16)20/h5,14,16-18H,4,6-13H2,1-3H3/t14-,16-,17-,18-,20-,21-/m0/s1. The van der Waals surface area contributed by atoms with Gasteiger partial charge in [0.15, 0.2) is 0 Å². The van der Waals surface area contributed by atoms with Crippen molar-refractivity contribution < 1.29 is 4.79 Å². The summed E-state index contributed by atoms with van der Waals surface area (Å²) in [7, 11) is 0. The molecule has 0 unspecified atom stereocenters. The third-order valence-corrected chi connectivity index (χ3v) is 8.49. The molecular weight excluding hydrogens is 268 g/mol. The molecule has 4 rings (SSSR count). The van der Waals surface area contributed by atoms with Gasteiger partial charge in [-0.2, -0.15) is 0 Å². The number of fused-ring (bicyclic) bond motifs is 5. The van der Waals surface area contributed by atoms with Crippen molar-refractivity contribution in [1.82, 2.24) is 0 Å². The Balaban J connectivity index is 1.66. The van der Waals surface area contributed by atoms with Crippen LogP contribution in [0.15, 0.2) is 11.6 Å². The number of allylic oxidation sites excluding steroid dienone is 2. The highest BCUT2D eigenvalue weighted by Crippen LogP contribution is 2.64. The monoisotopic (exact) mass is 300 g/mol. The van der Waals surface area contributed by atoms with E-state index in [1.807, 2.05) is 0 Å². The fraction of sp³-hybridized carbons (Fsp3) is 0.857. The van der Waals surface area contributed by atoms with E-state index in [0.717, 1.165) is 30.6 Å². The average molecular weight is 300 g/mol. The second-order valence-electron chi connectivity index (χ2n) is 9.19. The Hall–Kier alpha value is -0.590.